The van der Waals surface area contributed by atoms with E-state index in [1.807, 2.05) is 49.6 Å². The quantitative estimate of drug-likeness (QED) is 0.368. The lowest BCUT2D eigenvalue weighted by molar-refractivity contribution is -0.149. The molecular formula is C33H38FN5O5. The number of esters is 1. The third-order valence-corrected chi connectivity index (χ3v) is 8.38. The average Bonchev–Trinajstić information content (AvgIpc) is 3.70. The summed E-state index contributed by atoms with van der Waals surface area (Å²) in [5.41, 5.74) is 3.73. The molecule has 1 atom stereocenters. The number of benzene rings is 2. The highest BCUT2D eigenvalue weighted by atomic mass is 19.1. The fourth-order valence-electron chi connectivity index (χ4n) is 6.24. The molecule has 232 valence electrons. The molecule has 0 unspecified atom stereocenters. The van der Waals surface area contributed by atoms with Crippen molar-refractivity contribution in [1.82, 2.24) is 19.4 Å². The highest BCUT2D eigenvalue weighted by molar-refractivity contribution is 6.02. The Morgan fingerprint density at radius 2 is 1.75 bits per heavy atom. The maximum atomic E-state index is 15.6. The van der Waals surface area contributed by atoms with Crippen LogP contribution in [0.3, 0.4) is 0 Å². The smallest absolute Gasteiger partial charge is 0.410 e. The standard InChI is InChI=1S/C33H38FN5O5/c1-5-43-31(41)29(28-27-7-6-12-38(27)20-35-28)39-19-25-24(30(39)40)17-22(18-26(25)34)21-8-10-23(11-9-21)36-13-15-37(16-14-36)32(42)44-33(2,3)4/h8-11,17-18,20,29H,5-7,12-16,19H2,1-4H3/t29-/m1/s1. The van der Waals surface area contributed by atoms with E-state index < -0.39 is 29.3 Å². The number of carbonyl (C=O) groups is 3. The zero-order chi connectivity index (χ0) is 31.2. The van der Waals surface area contributed by atoms with Gasteiger partial charge in [-0.15, -0.1) is 0 Å². The Hall–Kier alpha value is -4.41. The van der Waals surface area contributed by atoms with Crippen LogP contribution in [-0.2, 0) is 33.8 Å². The molecule has 44 heavy (non-hydrogen) atoms. The highest BCUT2D eigenvalue weighted by Gasteiger charge is 2.42. The van der Waals surface area contributed by atoms with Gasteiger partial charge in [-0.3, -0.25) is 4.79 Å². The van der Waals surface area contributed by atoms with Gasteiger partial charge in [-0.1, -0.05) is 12.1 Å². The average molecular weight is 604 g/mol. The lowest BCUT2D eigenvalue weighted by Gasteiger charge is -2.36. The second-order valence-corrected chi connectivity index (χ2v) is 12.4. The van der Waals surface area contributed by atoms with Crippen molar-refractivity contribution >= 4 is 23.7 Å². The van der Waals surface area contributed by atoms with Crippen LogP contribution < -0.4 is 4.90 Å². The zero-order valence-electron chi connectivity index (χ0n) is 25.6. The number of aromatic nitrogens is 2. The summed E-state index contributed by atoms with van der Waals surface area (Å²) < 4.78 is 28.4. The molecule has 3 aliphatic rings. The van der Waals surface area contributed by atoms with Crippen molar-refractivity contribution in [1.29, 1.82) is 0 Å². The molecule has 3 aromatic rings. The van der Waals surface area contributed by atoms with E-state index in [-0.39, 0.29) is 30.4 Å². The number of aryl methyl sites for hydroxylation is 1. The normalized spacial score (nSPS) is 17.0. The van der Waals surface area contributed by atoms with Gasteiger partial charge in [0.2, 0.25) is 0 Å². The van der Waals surface area contributed by atoms with Crippen LogP contribution in [0.2, 0.25) is 0 Å². The molecule has 0 radical (unpaired) electrons. The van der Waals surface area contributed by atoms with Gasteiger partial charge in [-0.05, 0) is 75.9 Å². The summed E-state index contributed by atoms with van der Waals surface area (Å²) in [6.07, 6.45) is 3.09. The van der Waals surface area contributed by atoms with Gasteiger partial charge in [0, 0.05) is 55.2 Å². The van der Waals surface area contributed by atoms with Crippen LogP contribution in [0.4, 0.5) is 14.9 Å². The minimum absolute atomic E-state index is 0.0374. The fraction of sp³-hybridized carbons (Fsp3) is 0.455. The van der Waals surface area contributed by atoms with E-state index >= 15 is 4.39 Å². The zero-order valence-corrected chi connectivity index (χ0v) is 25.6. The maximum absolute atomic E-state index is 15.6. The van der Waals surface area contributed by atoms with Crippen molar-refractivity contribution in [2.24, 2.45) is 0 Å². The number of nitrogens with zero attached hydrogens (tertiary/aromatic N) is 5. The molecule has 2 amide bonds. The third kappa shape index (κ3) is 5.62. The second kappa shape index (κ2) is 11.6. The largest absolute Gasteiger partial charge is 0.464 e. The lowest BCUT2D eigenvalue weighted by atomic mass is 9.99. The Morgan fingerprint density at radius 3 is 2.43 bits per heavy atom. The molecule has 4 heterocycles. The molecule has 0 saturated carbocycles. The Labute approximate surface area is 256 Å². The second-order valence-electron chi connectivity index (χ2n) is 12.4. The summed E-state index contributed by atoms with van der Waals surface area (Å²) in [7, 11) is 0. The predicted molar refractivity (Wildman–Crippen MR) is 162 cm³/mol. The van der Waals surface area contributed by atoms with E-state index in [0.29, 0.717) is 37.4 Å². The number of fused-ring (bicyclic) bond motifs is 2. The number of carbonyl (C=O) groups excluding carboxylic acids is 3. The number of piperazine rings is 1. The third-order valence-electron chi connectivity index (χ3n) is 8.38. The van der Waals surface area contributed by atoms with Crippen molar-refractivity contribution in [3.8, 4) is 11.1 Å². The summed E-state index contributed by atoms with van der Waals surface area (Å²) >= 11 is 0. The topological polar surface area (TPSA) is 97.2 Å². The van der Waals surface area contributed by atoms with Gasteiger partial charge in [0.05, 0.1) is 25.2 Å². The molecule has 0 bridgehead atoms. The first-order valence-corrected chi connectivity index (χ1v) is 15.2. The molecule has 10 nitrogen and oxygen atoms in total. The minimum Gasteiger partial charge on any atom is -0.464 e. The SMILES string of the molecule is CCOC(=O)[C@@H](c1ncn2c1CCC2)N1Cc2c(F)cc(-c3ccc(N4CCN(C(=O)OC(C)(C)C)CC4)cc3)cc2C1=O. The number of rotatable bonds is 6. The van der Waals surface area contributed by atoms with Crippen molar-refractivity contribution in [3.05, 3.63) is 71.1 Å². The molecule has 6 rings (SSSR count). The van der Waals surface area contributed by atoms with Gasteiger partial charge in [0.25, 0.3) is 5.91 Å². The molecule has 0 N–H and O–H groups in total. The summed E-state index contributed by atoms with van der Waals surface area (Å²) in [6, 6.07) is 9.85. The maximum Gasteiger partial charge on any atom is 0.410 e. The number of imidazole rings is 1. The minimum atomic E-state index is -1.04. The summed E-state index contributed by atoms with van der Waals surface area (Å²) in [4.78, 5) is 49.1. The Balaban J connectivity index is 1.19. The summed E-state index contributed by atoms with van der Waals surface area (Å²) in [5.74, 6) is -1.48. The molecule has 3 aliphatic heterocycles. The van der Waals surface area contributed by atoms with Gasteiger partial charge < -0.3 is 28.7 Å². The first-order valence-electron chi connectivity index (χ1n) is 15.2. The van der Waals surface area contributed by atoms with E-state index in [9.17, 15) is 14.4 Å². The van der Waals surface area contributed by atoms with Gasteiger partial charge in [-0.25, -0.2) is 19.0 Å². The first-order chi connectivity index (χ1) is 21.0. The Morgan fingerprint density at radius 1 is 1.02 bits per heavy atom. The van der Waals surface area contributed by atoms with Crippen LogP contribution in [0.25, 0.3) is 11.1 Å². The summed E-state index contributed by atoms with van der Waals surface area (Å²) in [6.45, 7) is 10.7. The first kappa shape index (κ1) is 29.7. The number of ether oxygens (including phenoxy) is 2. The van der Waals surface area contributed by atoms with Crippen molar-refractivity contribution in [2.75, 3.05) is 37.7 Å². The van der Waals surface area contributed by atoms with Crippen LogP contribution in [0.5, 0.6) is 0 Å². The van der Waals surface area contributed by atoms with E-state index in [0.717, 1.165) is 36.3 Å². The summed E-state index contributed by atoms with van der Waals surface area (Å²) in [5, 5.41) is 0. The van der Waals surface area contributed by atoms with Crippen LogP contribution in [-0.4, -0.2) is 75.7 Å². The van der Waals surface area contributed by atoms with E-state index in [2.05, 4.69) is 9.88 Å². The number of anilines is 1. The monoisotopic (exact) mass is 603 g/mol. The Bertz CT molecular complexity index is 1590. The van der Waals surface area contributed by atoms with E-state index in [4.69, 9.17) is 9.47 Å². The van der Waals surface area contributed by atoms with Gasteiger partial charge >= 0.3 is 12.1 Å². The van der Waals surface area contributed by atoms with Crippen LogP contribution >= 0.6 is 0 Å². The van der Waals surface area contributed by atoms with Crippen LogP contribution in [0, 0.1) is 5.82 Å². The fourth-order valence-corrected chi connectivity index (χ4v) is 6.24. The lowest BCUT2D eigenvalue weighted by Crippen LogP contribution is -2.50. The number of halogens is 1. The van der Waals surface area contributed by atoms with Gasteiger partial charge in [-0.2, -0.15) is 0 Å². The van der Waals surface area contributed by atoms with E-state index in [1.54, 1.807) is 24.2 Å². The van der Waals surface area contributed by atoms with Gasteiger partial charge in [0.1, 0.15) is 11.4 Å². The van der Waals surface area contributed by atoms with Crippen molar-refractivity contribution in [2.45, 2.75) is 65.3 Å². The molecule has 1 fully saturated rings. The van der Waals surface area contributed by atoms with Crippen LogP contribution in [0.15, 0.2) is 42.7 Å². The highest BCUT2D eigenvalue weighted by Crippen LogP contribution is 2.38. The number of amides is 2. The number of hydrogen-bond donors (Lipinski definition) is 0. The van der Waals surface area contributed by atoms with Crippen molar-refractivity contribution < 1.29 is 28.2 Å². The molecular weight excluding hydrogens is 565 g/mol. The molecule has 1 aromatic heterocycles. The molecule has 1 saturated heterocycles. The van der Waals surface area contributed by atoms with Crippen molar-refractivity contribution in [3.63, 3.8) is 0 Å². The molecule has 2 aromatic carbocycles. The predicted octanol–water partition coefficient (Wildman–Crippen LogP) is 4.95. The Kier molecular flexibility index (Phi) is 7.81. The van der Waals surface area contributed by atoms with Crippen LogP contribution in [0.1, 0.15) is 67.5 Å². The van der Waals surface area contributed by atoms with E-state index in [1.165, 1.54) is 11.0 Å². The molecule has 0 aliphatic carbocycles. The van der Waals surface area contributed by atoms with Gasteiger partial charge in [0.15, 0.2) is 6.04 Å². The number of hydrogen-bond acceptors (Lipinski definition) is 7. The molecule has 11 heteroatoms. The molecule has 0 spiro atoms.